The van der Waals surface area contributed by atoms with Gasteiger partial charge in [0.15, 0.2) is 0 Å². The first-order valence-corrected chi connectivity index (χ1v) is 8.18. The normalized spacial score (nSPS) is 10.9. The summed E-state index contributed by atoms with van der Waals surface area (Å²) in [5, 5.41) is 3.81. The third-order valence-electron chi connectivity index (χ3n) is 2.77. The summed E-state index contributed by atoms with van der Waals surface area (Å²) in [6.07, 6.45) is 3.92. The van der Waals surface area contributed by atoms with Crippen LogP contribution in [0.15, 0.2) is 47.4 Å². The molecule has 90 valence electrons. The fraction of sp³-hybridized carbons (Fsp3) is 0.333. The van der Waals surface area contributed by atoms with Gasteiger partial charge in [0, 0.05) is 10.2 Å². The summed E-state index contributed by atoms with van der Waals surface area (Å²) >= 11 is 5.44. The Kier molecular flexibility index (Phi) is 5.40. The van der Waals surface area contributed by atoms with Crippen molar-refractivity contribution in [3.05, 3.63) is 42.5 Å². The van der Waals surface area contributed by atoms with Crippen LogP contribution in [0.4, 0.5) is 0 Å². The molecule has 0 fully saturated rings. The average molecular weight is 309 g/mol. The summed E-state index contributed by atoms with van der Waals surface area (Å²) in [7, 11) is 0. The van der Waals surface area contributed by atoms with Gasteiger partial charge in [0.2, 0.25) is 0 Å². The van der Waals surface area contributed by atoms with Crippen LogP contribution in [-0.4, -0.2) is 11.1 Å². The Balaban J connectivity index is 1.90. The van der Waals surface area contributed by atoms with E-state index in [9.17, 15) is 0 Å². The fourth-order valence-electron chi connectivity index (χ4n) is 1.82. The fourth-order valence-corrected chi connectivity index (χ4v) is 3.18. The molecule has 0 nitrogen and oxygen atoms in total. The first-order valence-electron chi connectivity index (χ1n) is 6.08. The van der Waals surface area contributed by atoms with Gasteiger partial charge in [-0.25, -0.2) is 0 Å². The van der Waals surface area contributed by atoms with E-state index in [0.29, 0.717) is 0 Å². The van der Waals surface area contributed by atoms with Crippen molar-refractivity contribution in [2.45, 2.75) is 24.2 Å². The molecule has 2 rings (SSSR count). The molecule has 0 aliphatic carbocycles. The second-order valence-corrected chi connectivity index (χ2v) is 6.07. The van der Waals surface area contributed by atoms with Crippen LogP contribution in [0.25, 0.3) is 10.8 Å². The van der Waals surface area contributed by atoms with E-state index in [4.69, 9.17) is 0 Å². The van der Waals surface area contributed by atoms with Gasteiger partial charge in [0.05, 0.1) is 0 Å². The first-order chi connectivity index (χ1) is 8.40. The largest absolute Gasteiger partial charge is 0.126 e. The van der Waals surface area contributed by atoms with E-state index in [1.54, 1.807) is 0 Å². The number of alkyl halides is 1. The van der Waals surface area contributed by atoms with Gasteiger partial charge in [0.25, 0.3) is 0 Å². The molecule has 0 aromatic heterocycles. The minimum atomic E-state index is 1.13. The third kappa shape index (κ3) is 4.04. The topological polar surface area (TPSA) is 0 Å². The monoisotopic (exact) mass is 308 g/mol. The second kappa shape index (κ2) is 7.07. The van der Waals surface area contributed by atoms with Crippen LogP contribution in [0.3, 0.4) is 0 Å². The molecule has 0 amide bonds. The van der Waals surface area contributed by atoms with E-state index in [0.717, 1.165) is 5.33 Å². The van der Waals surface area contributed by atoms with Gasteiger partial charge < -0.3 is 0 Å². The van der Waals surface area contributed by atoms with Gasteiger partial charge in [-0.05, 0) is 41.5 Å². The zero-order valence-corrected chi connectivity index (χ0v) is 12.3. The molecule has 0 atom stereocenters. The van der Waals surface area contributed by atoms with Gasteiger partial charge in [-0.15, -0.1) is 11.8 Å². The molecule has 2 heteroatoms. The number of hydrogen-bond donors (Lipinski definition) is 0. The smallest absolute Gasteiger partial charge is 0.00783 e. The van der Waals surface area contributed by atoms with E-state index in [2.05, 4.69) is 58.4 Å². The molecular formula is C15H17BrS. The lowest BCUT2D eigenvalue weighted by Crippen LogP contribution is -1.82. The molecule has 0 saturated heterocycles. The van der Waals surface area contributed by atoms with Crippen LogP contribution in [0, 0.1) is 0 Å². The predicted octanol–water partition coefficient (Wildman–Crippen LogP) is 5.50. The standard InChI is InChI=1S/C15H17BrS/c16-10-4-1-5-11-17-15-9-8-13-6-2-3-7-14(13)12-15/h2-3,6-9,12H,1,4-5,10-11H2. The highest BCUT2D eigenvalue weighted by Crippen LogP contribution is 2.24. The lowest BCUT2D eigenvalue weighted by atomic mass is 10.1. The molecule has 0 unspecified atom stereocenters. The molecule has 0 spiro atoms. The molecule has 0 bridgehead atoms. The summed E-state index contributed by atoms with van der Waals surface area (Å²) < 4.78 is 0. The van der Waals surface area contributed by atoms with Crippen LogP contribution in [0.2, 0.25) is 0 Å². The Morgan fingerprint density at radius 1 is 0.882 bits per heavy atom. The minimum Gasteiger partial charge on any atom is -0.126 e. The van der Waals surface area contributed by atoms with Crippen molar-refractivity contribution in [2.24, 2.45) is 0 Å². The maximum atomic E-state index is 3.47. The zero-order chi connectivity index (χ0) is 11.9. The van der Waals surface area contributed by atoms with Crippen molar-refractivity contribution < 1.29 is 0 Å². The van der Waals surface area contributed by atoms with Gasteiger partial charge in [-0.3, -0.25) is 0 Å². The maximum Gasteiger partial charge on any atom is 0.00783 e. The molecule has 2 aromatic carbocycles. The number of thioether (sulfide) groups is 1. The van der Waals surface area contributed by atoms with Gasteiger partial charge in [-0.2, -0.15) is 0 Å². The molecule has 0 N–H and O–H groups in total. The summed E-state index contributed by atoms with van der Waals surface area (Å²) in [5.74, 6) is 1.23. The maximum absolute atomic E-state index is 3.47. The first kappa shape index (κ1) is 13.0. The highest BCUT2D eigenvalue weighted by Gasteiger charge is 1.97. The Labute approximate surface area is 116 Å². The number of hydrogen-bond acceptors (Lipinski definition) is 1. The Hall–Kier alpha value is -0.470. The molecular weight excluding hydrogens is 292 g/mol. The van der Waals surface area contributed by atoms with Crippen LogP contribution in [0.5, 0.6) is 0 Å². The van der Waals surface area contributed by atoms with Crippen molar-refractivity contribution in [1.29, 1.82) is 0 Å². The Bertz CT molecular complexity index is 467. The average Bonchev–Trinajstić information content (AvgIpc) is 2.38. The molecule has 0 radical (unpaired) electrons. The van der Waals surface area contributed by atoms with E-state index in [1.807, 2.05) is 11.8 Å². The van der Waals surface area contributed by atoms with Crippen molar-refractivity contribution in [2.75, 3.05) is 11.1 Å². The Morgan fingerprint density at radius 3 is 2.53 bits per heavy atom. The highest BCUT2D eigenvalue weighted by molar-refractivity contribution is 9.09. The second-order valence-electron chi connectivity index (χ2n) is 4.11. The molecule has 0 aliphatic rings. The molecule has 0 aliphatic heterocycles. The van der Waals surface area contributed by atoms with E-state index < -0.39 is 0 Å². The summed E-state index contributed by atoms with van der Waals surface area (Å²) in [6.45, 7) is 0. The quantitative estimate of drug-likeness (QED) is 0.386. The highest BCUT2D eigenvalue weighted by atomic mass is 79.9. The van der Waals surface area contributed by atoms with Gasteiger partial charge in [0.1, 0.15) is 0 Å². The van der Waals surface area contributed by atoms with Crippen molar-refractivity contribution in [3.63, 3.8) is 0 Å². The van der Waals surface area contributed by atoms with Crippen molar-refractivity contribution in [1.82, 2.24) is 0 Å². The number of halogens is 1. The minimum absolute atomic E-state index is 1.13. The molecule has 0 saturated carbocycles. The number of rotatable bonds is 6. The number of unbranched alkanes of at least 4 members (excludes halogenated alkanes) is 2. The predicted molar refractivity (Wildman–Crippen MR) is 82.3 cm³/mol. The SMILES string of the molecule is BrCCCCCSc1ccc2ccccc2c1. The summed E-state index contributed by atoms with van der Waals surface area (Å²) in [4.78, 5) is 1.39. The van der Waals surface area contributed by atoms with E-state index in [-0.39, 0.29) is 0 Å². The third-order valence-corrected chi connectivity index (χ3v) is 4.41. The van der Waals surface area contributed by atoms with Crippen molar-refractivity contribution in [3.8, 4) is 0 Å². The van der Waals surface area contributed by atoms with Crippen molar-refractivity contribution >= 4 is 38.5 Å². The number of benzene rings is 2. The lowest BCUT2D eigenvalue weighted by molar-refractivity contribution is 0.789. The Morgan fingerprint density at radius 2 is 1.71 bits per heavy atom. The van der Waals surface area contributed by atoms with Crippen LogP contribution in [0.1, 0.15) is 19.3 Å². The molecule has 0 heterocycles. The number of fused-ring (bicyclic) bond motifs is 1. The zero-order valence-electron chi connectivity index (χ0n) is 9.86. The van der Waals surface area contributed by atoms with E-state index >= 15 is 0 Å². The van der Waals surface area contributed by atoms with Crippen LogP contribution in [-0.2, 0) is 0 Å². The van der Waals surface area contributed by atoms with E-state index in [1.165, 1.54) is 40.7 Å². The van der Waals surface area contributed by atoms with Gasteiger partial charge in [-0.1, -0.05) is 52.7 Å². The summed E-state index contributed by atoms with van der Waals surface area (Å²) in [5.41, 5.74) is 0. The molecule has 2 aromatic rings. The lowest BCUT2D eigenvalue weighted by Gasteiger charge is -2.03. The summed E-state index contributed by atoms with van der Waals surface area (Å²) in [6, 6.07) is 15.3. The van der Waals surface area contributed by atoms with Crippen LogP contribution < -0.4 is 0 Å². The van der Waals surface area contributed by atoms with Gasteiger partial charge >= 0.3 is 0 Å². The van der Waals surface area contributed by atoms with Crippen LogP contribution >= 0.6 is 27.7 Å². The molecule has 17 heavy (non-hydrogen) atoms.